The van der Waals surface area contributed by atoms with Crippen molar-refractivity contribution in [2.75, 3.05) is 0 Å². The molecule has 314 valence electrons. The summed E-state index contributed by atoms with van der Waals surface area (Å²) >= 11 is 0. The van der Waals surface area contributed by atoms with Gasteiger partial charge in [0.1, 0.15) is 11.2 Å². The largest absolute Gasteiger partial charge is 0.456 e. The first-order valence-electron chi connectivity index (χ1n) is 23.4. The quantitative estimate of drug-likeness (QED) is 0.173. The lowest BCUT2D eigenvalue weighted by Crippen LogP contribution is -1.94. The van der Waals surface area contributed by atoms with E-state index in [2.05, 4.69) is 226 Å². The molecule has 4 heteroatoms. The Morgan fingerprint density at radius 1 is 0.250 bits per heavy atom. The van der Waals surface area contributed by atoms with Crippen LogP contribution in [0.2, 0.25) is 0 Å². The molecule has 5 heterocycles. The van der Waals surface area contributed by atoms with Gasteiger partial charge in [-0.1, -0.05) is 133 Å². The van der Waals surface area contributed by atoms with Crippen molar-refractivity contribution in [3.63, 3.8) is 0 Å². The number of hydrogen-bond donors (Lipinski definition) is 0. The average molecular weight is 864 g/mol. The van der Waals surface area contributed by atoms with Crippen molar-refractivity contribution < 1.29 is 4.42 Å². The van der Waals surface area contributed by atoms with Crippen LogP contribution in [-0.2, 0) is 0 Å². The fourth-order valence-corrected chi connectivity index (χ4v) is 11.9. The van der Waals surface area contributed by atoms with E-state index in [-0.39, 0.29) is 0 Å². The highest BCUT2D eigenvalue weighted by Crippen LogP contribution is 2.43. The van der Waals surface area contributed by atoms with Gasteiger partial charge in [-0.05, 0) is 124 Å². The Balaban J connectivity index is 0.800. The molecule has 0 saturated heterocycles. The highest BCUT2D eigenvalue weighted by atomic mass is 16.3. The van der Waals surface area contributed by atoms with E-state index in [1.54, 1.807) is 0 Å². The Hall–Kier alpha value is -9.12. The molecule has 0 aliphatic heterocycles. The predicted octanol–water partition coefficient (Wildman–Crippen LogP) is 17.4. The number of rotatable bonds is 4. The lowest BCUT2D eigenvalue weighted by atomic mass is 9.99. The second-order valence-electron chi connectivity index (χ2n) is 18.5. The highest BCUT2D eigenvalue weighted by molar-refractivity contribution is 6.23. The van der Waals surface area contributed by atoms with Crippen molar-refractivity contribution >= 4 is 114 Å². The molecule has 0 amide bonds. The maximum Gasteiger partial charge on any atom is 0.136 e. The van der Waals surface area contributed by atoms with Crippen molar-refractivity contribution in [1.29, 1.82) is 0 Å². The maximum atomic E-state index is 6.24. The van der Waals surface area contributed by atoms with Crippen LogP contribution in [0, 0.1) is 0 Å². The van der Waals surface area contributed by atoms with Crippen LogP contribution in [0.3, 0.4) is 0 Å². The molecule has 0 N–H and O–H groups in total. The number of benzene rings is 11. The number of nitrogens with zero attached hydrogens (tertiary/aromatic N) is 3. The van der Waals surface area contributed by atoms with E-state index in [4.69, 9.17) is 4.42 Å². The third-order valence-electron chi connectivity index (χ3n) is 14.9. The zero-order valence-corrected chi connectivity index (χ0v) is 36.6. The van der Waals surface area contributed by atoms with Crippen molar-refractivity contribution in [3.8, 4) is 33.6 Å². The fourth-order valence-electron chi connectivity index (χ4n) is 11.9. The fraction of sp³-hybridized carbons (Fsp3) is 0. The van der Waals surface area contributed by atoms with Gasteiger partial charge in [-0.3, -0.25) is 0 Å². The molecule has 16 aromatic rings. The molecule has 4 nitrogen and oxygen atoms in total. The molecule has 0 unspecified atom stereocenters. The first-order valence-corrected chi connectivity index (χ1v) is 23.4. The van der Waals surface area contributed by atoms with Gasteiger partial charge in [0.2, 0.25) is 0 Å². The van der Waals surface area contributed by atoms with Gasteiger partial charge in [0.15, 0.2) is 0 Å². The van der Waals surface area contributed by atoms with Crippen LogP contribution >= 0.6 is 0 Å². The Morgan fingerprint density at radius 2 is 0.706 bits per heavy atom. The van der Waals surface area contributed by atoms with Crippen LogP contribution in [0.5, 0.6) is 0 Å². The number of fused-ring (bicyclic) bond motifs is 16. The molecule has 0 spiro atoms. The van der Waals surface area contributed by atoms with E-state index in [0.29, 0.717) is 0 Å². The number of para-hydroxylation sites is 5. The van der Waals surface area contributed by atoms with Crippen LogP contribution in [0.4, 0.5) is 0 Å². The molecule has 0 bridgehead atoms. The summed E-state index contributed by atoms with van der Waals surface area (Å²) in [6, 6.07) is 82.7. The lowest BCUT2D eigenvalue weighted by Gasteiger charge is -2.11. The third kappa shape index (κ3) is 4.87. The van der Waals surface area contributed by atoms with Gasteiger partial charge >= 0.3 is 0 Å². The van der Waals surface area contributed by atoms with Gasteiger partial charge in [-0.15, -0.1) is 0 Å². The van der Waals surface area contributed by atoms with E-state index in [0.717, 1.165) is 38.9 Å². The molecule has 16 rings (SSSR count). The van der Waals surface area contributed by atoms with Gasteiger partial charge < -0.3 is 18.0 Å². The molecule has 0 fully saturated rings. The standard InChI is InChI=1S/C64H37N3O/c1-7-18-58-46(10-1)52-14-9-15-53-49-29-27-45(37-61(49)67(58)64(52)53)66-57-17-6-3-12-48(57)55-35-42(25-31-60(55)66)41-24-30-59-54(34-41)47-11-2-5-16-56(47)65(59)44-26-22-39-32-38(20-21-40(39)33-44)43-23-28-51-50-13-4-8-19-62(50)68-63(51)36-43/h1-37H. The van der Waals surface area contributed by atoms with Gasteiger partial charge in [0.25, 0.3) is 0 Å². The van der Waals surface area contributed by atoms with Crippen LogP contribution in [0.1, 0.15) is 0 Å². The van der Waals surface area contributed by atoms with Gasteiger partial charge in [-0.25, -0.2) is 0 Å². The summed E-state index contributed by atoms with van der Waals surface area (Å²) in [6.07, 6.45) is 0. The Morgan fingerprint density at radius 3 is 1.43 bits per heavy atom. The summed E-state index contributed by atoms with van der Waals surface area (Å²) in [5.74, 6) is 0. The first kappa shape index (κ1) is 36.1. The van der Waals surface area contributed by atoms with E-state index < -0.39 is 0 Å². The molecule has 0 aliphatic carbocycles. The molecule has 5 aromatic heterocycles. The van der Waals surface area contributed by atoms with Gasteiger partial charge in [-0.2, -0.15) is 0 Å². The monoisotopic (exact) mass is 863 g/mol. The third-order valence-corrected chi connectivity index (χ3v) is 14.9. The van der Waals surface area contributed by atoms with Crippen LogP contribution < -0.4 is 0 Å². The zero-order valence-electron chi connectivity index (χ0n) is 36.6. The topological polar surface area (TPSA) is 27.4 Å². The zero-order chi connectivity index (χ0) is 44.2. The number of hydrogen-bond acceptors (Lipinski definition) is 1. The van der Waals surface area contributed by atoms with Crippen molar-refractivity contribution in [2.45, 2.75) is 0 Å². The predicted molar refractivity (Wildman–Crippen MR) is 285 cm³/mol. The summed E-state index contributed by atoms with van der Waals surface area (Å²) < 4.78 is 13.6. The van der Waals surface area contributed by atoms with Crippen molar-refractivity contribution in [1.82, 2.24) is 13.5 Å². The van der Waals surface area contributed by atoms with Crippen LogP contribution in [0.25, 0.3) is 148 Å². The summed E-state index contributed by atoms with van der Waals surface area (Å²) in [4.78, 5) is 0. The molecular weight excluding hydrogens is 827 g/mol. The smallest absolute Gasteiger partial charge is 0.136 e. The van der Waals surface area contributed by atoms with E-state index in [1.165, 1.54) is 109 Å². The number of aromatic nitrogens is 3. The Kier molecular flexibility index (Phi) is 7.04. The summed E-state index contributed by atoms with van der Waals surface area (Å²) in [6.45, 7) is 0. The minimum Gasteiger partial charge on any atom is -0.456 e. The van der Waals surface area contributed by atoms with Gasteiger partial charge in [0, 0.05) is 65.2 Å². The Bertz CT molecular complexity index is 4800. The normalized spacial score (nSPS) is 12.4. The van der Waals surface area contributed by atoms with Crippen molar-refractivity contribution in [2.24, 2.45) is 0 Å². The summed E-state index contributed by atoms with van der Waals surface area (Å²) in [5.41, 5.74) is 17.4. The van der Waals surface area contributed by atoms with Crippen LogP contribution in [-0.4, -0.2) is 13.5 Å². The SMILES string of the molecule is c1ccc2c(c1)oc1cc(-c3ccc4cc(-n5c6ccccc6c6cc(-c7ccc8c(c7)c7ccccc7n8-c7ccc8c9cccc%10c%11ccccc%11n(c8c7)c%109)ccc65)ccc4c3)ccc12. The minimum absolute atomic E-state index is 0.914. The van der Waals surface area contributed by atoms with E-state index >= 15 is 0 Å². The molecule has 11 aromatic carbocycles. The van der Waals surface area contributed by atoms with E-state index in [9.17, 15) is 0 Å². The molecule has 0 saturated carbocycles. The second-order valence-corrected chi connectivity index (χ2v) is 18.5. The molecule has 0 atom stereocenters. The van der Waals surface area contributed by atoms with Crippen LogP contribution in [0.15, 0.2) is 229 Å². The summed E-state index contributed by atoms with van der Waals surface area (Å²) in [5, 5.41) is 14.9. The maximum absolute atomic E-state index is 6.24. The highest BCUT2D eigenvalue weighted by Gasteiger charge is 2.20. The van der Waals surface area contributed by atoms with Crippen molar-refractivity contribution in [3.05, 3.63) is 224 Å². The second kappa shape index (κ2) is 13.3. The van der Waals surface area contributed by atoms with Gasteiger partial charge in [0.05, 0.1) is 38.6 Å². The minimum atomic E-state index is 0.914. The molecule has 0 aliphatic rings. The first-order chi connectivity index (χ1) is 33.7. The molecule has 68 heavy (non-hydrogen) atoms. The lowest BCUT2D eigenvalue weighted by molar-refractivity contribution is 0.669. The number of furan rings is 1. The summed E-state index contributed by atoms with van der Waals surface area (Å²) in [7, 11) is 0. The van der Waals surface area contributed by atoms with E-state index in [1.807, 2.05) is 12.1 Å². The average Bonchev–Trinajstić information content (AvgIpc) is 4.20. The molecule has 0 radical (unpaired) electrons. The molecular formula is C64H37N3O. The Labute approximate surface area is 388 Å².